The molecule has 2 aromatic carbocycles. The molecule has 1 N–H and O–H groups in total. The van der Waals surface area contributed by atoms with Gasteiger partial charge in [0, 0.05) is 17.5 Å². The second-order valence-electron chi connectivity index (χ2n) is 6.47. The molecule has 28 heavy (non-hydrogen) atoms. The average molecular weight is 393 g/mol. The summed E-state index contributed by atoms with van der Waals surface area (Å²) >= 11 is 1.63. The molecule has 0 unspecified atom stereocenters. The first kappa shape index (κ1) is 18.2. The van der Waals surface area contributed by atoms with Gasteiger partial charge < -0.3 is 9.73 Å². The molecule has 0 bridgehead atoms. The Morgan fingerprint density at radius 2 is 1.96 bits per heavy atom. The van der Waals surface area contributed by atoms with Crippen molar-refractivity contribution in [2.45, 2.75) is 19.9 Å². The minimum Gasteiger partial charge on any atom is -0.408 e. The first-order valence-corrected chi connectivity index (χ1v) is 9.84. The number of thiazole rings is 1. The molecule has 0 fully saturated rings. The third-order valence-electron chi connectivity index (χ3n) is 4.48. The molecule has 6 nitrogen and oxygen atoms in total. The number of aryl methyl sites for hydroxylation is 1. The molecule has 0 atom stereocenters. The van der Waals surface area contributed by atoms with Gasteiger partial charge in [-0.1, -0.05) is 36.4 Å². The molecule has 0 aliphatic heterocycles. The lowest BCUT2D eigenvalue weighted by Crippen LogP contribution is -2.32. The van der Waals surface area contributed by atoms with E-state index in [1.165, 1.54) is 4.57 Å². The SMILES string of the molecule is Cc1nc(-c2ccc(CCNC(=O)Cn3c(=O)oc4ccccc43)cc2)cs1. The van der Waals surface area contributed by atoms with E-state index in [1.54, 1.807) is 29.5 Å². The molecule has 0 saturated heterocycles. The number of nitrogens with zero attached hydrogens (tertiary/aromatic N) is 2. The van der Waals surface area contributed by atoms with Crippen LogP contribution >= 0.6 is 11.3 Å². The minimum absolute atomic E-state index is 0.0576. The number of benzene rings is 2. The highest BCUT2D eigenvalue weighted by atomic mass is 32.1. The van der Waals surface area contributed by atoms with E-state index < -0.39 is 5.76 Å². The van der Waals surface area contributed by atoms with Gasteiger partial charge in [-0.15, -0.1) is 11.3 Å². The van der Waals surface area contributed by atoms with Crippen LogP contribution in [-0.4, -0.2) is 22.0 Å². The van der Waals surface area contributed by atoms with Gasteiger partial charge in [-0.2, -0.15) is 0 Å². The quantitative estimate of drug-likeness (QED) is 0.545. The molecule has 7 heteroatoms. The number of aromatic nitrogens is 2. The summed E-state index contributed by atoms with van der Waals surface area (Å²) in [7, 11) is 0. The number of nitrogens with one attached hydrogen (secondary N) is 1. The molecule has 0 aliphatic carbocycles. The van der Waals surface area contributed by atoms with Crippen LogP contribution in [0.3, 0.4) is 0 Å². The van der Waals surface area contributed by atoms with Gasteiger partial charge in [0.1, 0.15) is 6.54 Å². The number of hydrogen-bond acceptors (Lipinski definition) is 5. The summed E-state index contributed by atoms with van der Waals surface area (Å²) in [6.07, 6.45) is 0.711. The molecular weight excluding hydrogens is 374 g/mol. The molecular formula is C21H19N3O3S. The van der Waals surface area contributed by atoms with Gasteiger partial charge in [0.05, 0.1) is 16.2 Å². The highest BCUT2D eigenvalue weighted by Crippen LogP contribution is 2.21. The van der Waals surface area contributed by atoms with Crippen LogP contribution < -0.4 is 11.1 Å². The maximum absolute atomic E-state index is 12.2. The van der Waals surface area contributed by atoms with Crippen molar-refractivity contribution in [1.82, 2.24) is 14.9 Å². The largest absolute Gasteiger partial charge is 0.420 e. The number of rotatable bonds is 6. The van der Waals surface area contributed by atoms with Gasteiger partial charge in [-0.3, -0.25) is 9.36 Å². The summed E-state index contributed by atoms with van der Waals surface area (Å²) in [5.74, 6) is -0.743. The number of hydrogen-bond donors (Lipinski definition) is 1. The van der Waals surface area contributed by atoms with Crippen LogP contribution in [-0.2, 0) is 17.8 Å². The van der Waals surface area contributed by atoms with Gasteiger partial charge >= 0.3 is 5.76 Å². The third-order valence-corrected chi connectivity index (χ3v) is 5.25. The van der Waals surface area contributed by atoms with Crippen LogP contribution in [0, 0.1) is 6.92 Å². The molecule has 0 saturated carbocycles. The van der Waals surface area contributed by atoms with Crippen molar-refractivity contribution in [3.8, 4) is 11.3 Å². The monoisotopic (exact) mass is 393 g/mol. The van der Waals surface area contributed by atoms with Gasteiger partial charge in [0.2, 0.25) is 5.91 Å². The van der Waals surface area contributed by atoms with Gasteiger partial charge in [-0.25, -0.2) is 9.78 Å². The van der Waals surface area contributed by atoms with Gasteiger partial charge in [0.25, 0.3) is 0 Å². The smallest absolute Gasteiger partial charge is 0.408 e. The molecule has 1 amide bonds. The van der Waals surface area contributed by atoms with Crippen LogP contribution in [0.2, 0.25) is 0 Å². The fourth-order valence-corrected chi connectivity index (χ4v) is 3.67. The summed E-state index contributed by atoms with van der Waals surface area (Å²) < 4.78 is 6.49. The molecule has 2 heterocycles. The summed E-state index contributed by atoms with van der Waals surface area (Å²) in [4.78, 5) is 28.6. The molecule has 0 radical (unpaired) electrons. The second kappa shape index (κ2) is 7.82. The predicted octanol–water partition coefficient (Wildman–Crippen LogP) is 3.39. The Morgan fingerprint density at radius 1 is 1.18 bits per heavy atom. The zero-order valence-electron chi connectivity index (χ0n) is 15.3. The minimum atomic E-state index is -0.524. The lowest BCUT2D eigenvalue weighted by Gasteiger charge is -2.06. The number of amides is 1. The van der Waals surface area contributed by atoms with Crippen LogP contribution in [0.1, 0.15) is 10.6 Å². The number of carbonyl (C=O) groups excluding carboxylic acids is 1. The van der Waals surface area contributed by atoms with E-state index in [9.17, 15) is 9.59 Å². The van der Waals surface area contributed by atoms with Crippen LogP contribution in [0.15, 0.2) is 63.1 Å². The van der Waals surface area contributed by atoms with E-state index in [0.29, 0.717) is 24.1 Å². The van der Waals surface area contributed by atoms with Crippen LogP contribution in [0.5, 0.6) is 0 Å². The van der Waals surface area contributed by atoms with Gasteiger partial charge in [-0.05, 0) is 31.0 Å². The number of fused-ring (bicyclic) bond motifs is 1. The highest BCUT2D eigenvalue weighted by Gasteiger charge is 2.12. The number of carbonyl (C=O) groups is 1. The van der Waals surface area contributed by atoms with E-state index in [2.05, 4.69) is 10.3 Å². The Hall–Kier alpha value is -3.19. The standard InChI is InChI=1S/C21H19N3O3S/c1-14-23-17(13-28-14)16-8-6-15(7-9-16)10-11-22-20(25)12-24-18-4-2-3-5-19(18)27-21(24)26/h2-9,13H,10-12H2,1H3,(H,22,25). The Balaban J connectivity index is 1.33. The van der Waals surface area contributed by atoms with Gasteiger partial charge in [0.15, 0.2) is 5.58 Å². The van der Waals surface area contributed by atoms with Crippen LogP contribution in [0.25, 0.3) is 22.4 Å². The lowest BCUT2D eigenvalue weighted by atomic mass is 10.1. The van der Waals surface area contributed by atoms with E-state index in [4.69, 9.17) is 4.42 Å². The molecule has 142 valence electrons. The maximum atomic E-state index is 12.2. The summed E-state index contributed by atoms with van der Waals surface area (Å²) in [6, 6.07) is 15.2. The number of oxazole rings is 1. The molecule has 4 aromatic rings. The van der Waals surface area contributed by atoms with Crippen molar-refractivity contribution >= 4 is 28.3 Å². The van der Waals surface area contributed by atoms with Crippen molar-refractivity contribution in [3.05, 3.63) is 75.0 Å². The van der Waals surface area contributed by atoms with E-state index in [0.717, 1.165) is 21.8 Å². The fraction of sp³-hybridized carbons (Fsp3) is 0.190. The van der Waals surface area contributed by atoms with Crippen molar-refractivity contribution in [2.75, 3.05) is 6.54 Å². The lowest BCUT2D eigenvalue weighted by molar-refractivity contribution is -0.121. The molecule has 4 rings (SSSR count). The van der Waals surface area contributed by atoms with Crippen molar-refractivity contribution in [2.24, 2.45) is 0 Å². The molecule has 0 spiro atoms. The second-order valence-corrected chi connectivity index (χ2v) is 7.53. The van der Waals surface area contributed by atoms with E-state index >= 15 is 0 Å². The summed E-state index contributed by atoms with van der Waals surface area (Å²) in [5, 5.41) is 5.96. The third kappa shape index (κ3) is 3.89. The molecule has 2 aromatic heterocycles. The van der Waals surface area contributed by atoms with Crippen molar-refractivity contribution in [1.29, 1.82) is 0 Å². The maximum Gasteiger partial charge on any atom is 0.420 e. The zero-order chi connectivity index (χ0) is 19.5. The van der Waals surface area contributed by atoms with E-state index in [-0.39, 0.29) is 12.5 Å². The van der Waals surface area contributed by atoms with Crippen molar-refractivity contribution in [3.63, 3.8) is 0 Å². The average Bonchev–Trinajstić information content (AvgIpc) is 3.26. The summed E-state index contributed by atoms with van der Waals surface area (Å²) in [5.41, 5.74) is 4.30. The first-order valence-electron chi connectivity index (χ1n) is 8.97. The first-order chi connectivity index (χ1) is 13.6. The Labute approximate surface area is 165 Å². The predicted molar refractivity (Wildman–Crippen MR) is 109 cm³/mol. The summed E-state index contributed by atoms with van der Waals surface area (Å²) in [6.45, 7) is 2.43. The Kier molecular flexibility index (Phi) is 5.08. The normalized spacial score (nSPS) is 11.0. The molecule has 0 aliphatic rings. The van der Waals surface area contributed by atoms with E-state index in [1.807, 2.05) is 42.6 Å². The Morgan fingerprint density at radius 3 is 2.71 bits per heavy atom. The fourth-order valence-electron chi connectivity index (χ4n) is 3.05. The Bertz CT molecular complexity index is 1170. The topological polar surface area (TPSA) is 77.1 Å². The van der Waals surface area contributed by atoms with Crippen molar-refractivity contribution < 1.29 is 9.21 Å². The highest BCUT2D eigenvalue weighted by molar-refractivity contribution is 7.09. The number of para-hydroxylation sites is 2. The van der Waals surface area contributed by atoms with Crippen LogP contribution in [0.4, 0.5) is 0 Å². The zero-order valence-corrected chi connectivity index (χ0v) is 16.2.